The molecule has 3 aliphatic rings. The number of nitrogens with one attached hydrogen (secondary N) is 1. The summed E-state index contributed by atoms with van der Waals surface area (Å²) in [4.78, 5) is 4.83. The van der Waals surface area contributed by atoms with E-state index in [2.05, 4.69) is 19.2 Å². The van der Waals surface area contributed by atoms with Crippen molar-refractivity contribution in [2.45, 2.75) is 70.6 Å². The van der Waals surface area contributed by atoms with Crippen LogP contribution in [0.1, 0.15) is 52.4 Å². The molecule has 4 unspecified atom stereocenters. The third-order valence-corrected chi connectivity index (χ3v) is 5.89. The van der Waals surface area contributed by atoms with Gasteiger partial charge in [-0.2, -0.15) is 13.2 Å². The number of amidine groups is 1. The molecule has 2 nitrogen and oxygen atoms in total. The summed E-state index contributed by atoms with van der Waals surface area (Å²) < 4.78 is 38.2. The SMILES string of the molecule is CC1CC2N=C(C3CCC(C(F)(F)F)CC3)NC2CC1C. The third-order valence-electron chi connectivity index (χ3n) is 5.89. The van der Waals surface area contributed by atoms with E-state index in [9.17, 15) is 13.2 Å². The van der Waals surface area contributed by atoms with Crippen molar-refractivity contribution in [3.8, 4) is 0 Å². The highest BCUT2D eigenvalue weighted by Gasteiger charge is 2.44. The van der Waals surface area contributed by atoms with Gasteiger partial charge in [0.25, 0.3) is 0 Å². The Morgan fingerprint density at radius 2 is 1.62 bits per heavy atom. The molecular weight excluding hydrogens is 277 g/mol. The number of rotatable bonds is 1. The maximum atomic E-state index is 12.7. The Bertz CT molecular complexity index is 410. The zero-order valence-electron chi connectivity index (χ0n) is 12.8. The van der Waals surface area contributed by atoms with Gasteiger partial charge in [0.15, 0.2) is 0 Å². The van der Waals surface area contributed by atoms with E-state index in [1.165, 1.54) is 0 Å². The van der Waals surface area contributed by atoms with Gasteiger partial charge in [-0.25, -0.2) is 0 Å². The lowest BCUT2D eigenvalue weighted by atomic mass is 9.77. The smallest absolute Gasteiger partial charge is 0.369 e. The Labute approximate surface area is 124 Å². The van der Waals surface area contributed by atoms with E-state index in [4.69, 9.17) is 4.99 Å². The molecule has 0 aromatic rings. The standard InChI is InChI=1S/C16H25F3N2/c1-9-7-13-14(8-10(9)2)21-15(20-13)11-3-5-12(6-4-11)16(17,18)19/h9-14H,3-8H2,1-2H3,(H,20,21). The minimum atomic E-state index is -4.02. The van der Waals surface area contributed by atoms with Gasteiger partial charge >= 0.3 is 6.18 Å². The highest BCUT2D eigenvalue weighted by molar-refractivity contribution is 5.87. The summed E-state index contributed by atoms with van der Waals surface area (Å²) in [5.74, 6) is 1.52. The molecule has 3 rings (SSSR count). The zero-order valence-corrected chi connectivity index (χ0v) is 12.8. The zero-order chi connectivity index (χ0) is 15.2. The van der Waals surface area contributed by atoms with Crippen molar-refractivity contribution in [3.63, 3.8) is 0 Å². The van der Waals surface area contributed by atoms with E-state index in [0.29, 0.717) is 36.8 Å². The molecule has 2 aliphatic carbocycles. The summed E-state index contributed by atoms with van der Waals surface area (Å²) in [6.45, 7) is 4.57. The summed E-state index contributed by atoms with van der Waals surface area (Å²) in [6.07, 6.45) is 0.000814. The summed E-state index contributed by atoms with van der Waals surface area (Å²) in [7, 11) is 0. The number of aliphatic imine (C=N–C) groups is 1. The minimum Gasteiger partial charge on any atom is -0.369 e. The van der Waals surface area contributed by atoms with E-state index in [1.54, 1.807) is 0 Å². The molecule has 0 bridgehead atoms. The van der Waals surface area contributed by atoms with Crippen LogP contribution < -0.4 is 5.32 Å². The quantitative estimate of drug-likeness (QED) is 0.773. The largest absolute Gasteiger partial charge is 0.391 e. The Balaban J connectivity index is 1.59. The van der Waals surface area contributed by atoms with Crippen LogP contribution in [-0.2, 0) is 0 Å². The van der Waals surface area contributed by atoms with Crippen molar-refractivity contribution in [3.05, 3.63) is 0 Å². The molecule has 2 saturated carbocycles. The molecule has 21 heavy (non-hydrogen) atoms. The fourth-order valence-corrected chi connectivity index (χ4v) is 4.19. The Kier molecular flexibility index (Phi) is 3.95. The van der Waals surface area contributed by atoms with Crippen LogP contribution in [0.4, 0.5) is 13.2 Å². The van der Waals surface area contributed by atoms with E-state index in [1.807, 2.05) is 0 Å². The van der Waals surface area contributed by atoms with Crippen LogP contribution in [-0.4, -0.2) is 24.1 Å². The summed E-state index contributed by atoms with van der Waals surface area (Å²) in [5.41, 5.74) is 0. The molecule has 1 N–H and O–H groups in total. The summed E-state index contributed by atoms with van der Waals surface area (Å²) >= 11 is 0. The molecular formula is C16H25F3N2. The number of nitrogens with zero attached hydrogens (tertiary/aromatic N) is 1. The molecule has 120 valence electrons. The minimum absolute atomic E-state index is 0.222. The van der Waals surface area contributed by atoms with Crippen LogP contribution in [0.3, 0.4) is 0 Å². The molecule has 0 aromatic carbocycles. The molecule has 4 atom stereocenters. The van der Waals surface area contributed by atoms with Crippen molar-refractivity contribution < 1.29 is 13.2 Å². The van der Waals surface area contributed by atoms with Crippen LogP contribution in [0.15, 0.2) is 4.99 Å². The number of fused-ring (bicyclic) bond motifs is 1. The first-order chi connectivity index (χ1) is 9.84. The van der Waals surface area contributed by atoms with E-state index >= 15 is 0 Å². The van der Waals surface area contributed by atoms with E-state index in [-0.39, 0.29) is 18.8 Å². The van der Waals surface area contributed by atoms with Gasteiger partial charge in [0.05, 0.1) is 12.0 Å². The Morgan fingerprint density at radius 1 is 1.00 bits per heavy atom. The predicted molar refractivity (Wildman–Crippen MR) is 77.2 cm³/mol. The average Bonchev–Trinajstić information content (AvgIpc) is 2.81. The first kappa shape index (κ1) is 15.2. The molecule has 5 heteroatoms. The van der Waals surface area contributed by atoms with Crippen molar-refractivity contribution in [2.24, 2.45) is 28.7 Å². The van der Waals surface area contributed by atoms with Gasteiger partial charge in [0.2, 0.25) is 0 Å². The second-order valence-electron chi connectivity index (χ2n) is 7.35. The van der Waals surface area contributed by atoms with Gasteiger partial charge in [0, 0.05) is 12.0 Å². The van der Waals surface area contributed by atoms with Gasteiger partial charge in [-0.1, -0.05) is 13.8 Å². The van der Waals surface area contributed by atoms with Crippen LogP contribution in [0.5, 0.6) is 0 Å². The Hall–Kier alpha value is -0.740. The maximum absolute atomic E-state index is 12.7. The third kappa shape index (κ3) is 3.07. The van der Waals surface area contributed by atoms with Crippen LogP contribution in [0, 0.1) is 23.7 Å². The summed E-state index contributed by atoms with van der Waals surface area (Å²) in [5, 5.41) is 3.54. The van der Waals surface area contributed by atoms with Gasteiger partial charge in [-0.15, -0.1) is 0 Å². The van der Waals surface area contributed by atoms with Crippen molar-refractivity contribution in [2.75, 3.05) is 0 Å². The fourth-order valence-electron chi connectivity index (χ4n) is 4.19. The van der Waals surface area contributed by atoms with Crippen molar-refractivity contribution in [1.29, 1.82) is 0 Å². The van der Waals surface area contributed by atoms with Gasteiger partial charge in [0.1, 0.15) is 5.84 Å². The molecule has 0 spiro atoms. The normalized spacial score (nSPS) is 44.0. The number of alkyl halides is 3. The number of hydrogen-bond acceptors (Lipinski definition) is 2. The van der Waals surface area contributed by atoms with Gasteiger partial charge < -0.3 is 5.32 Å². The topological polar surface area (TPSA) is 24.4 Å². The highest BCUT2D eigenvalue weighted by Crippen LogP contribution is 2.41. The maximum Gasteiger partial charge on any atom is 0.391 e. The van der Waals surface area contributed by atoms with Crippen LogP contribution in [0.2, 0.25) is 0 Å². The summed E-state index contributed by atoms with van der Waals surface area (Å²) in [6, 6.07) is 0.776. The number of halogens is 3. The van der Waals surface area contributed by atoms with Crippen molar-refractivity contribution >= 4 is 5.84 Å². The Morgan fingerprint density at radius 3 is 2.24 bits per heavy atom. The molecule has 0 amide bonds. The lowest BCUT2D eigenvalue weighted by Crippen LogP contribution is -2.43. The highest BCUT2D eigenvalue weighted by atomic mass is 19.4. The second-order valence-corrected chi connectivity index (χ2v) is 7.35. The van der Waals surface area contributed by atoms with E-state index < -0.39 is 12.1 Å². The lowest BCUT2D eigenvalue weighted by Gasteiger charge is -2.34. The second kappa shape index (κ2) is 5.47. The fraction of sp³-hybridized carbons (Fsp3) is 0.938. The molecule has 0 saturated heterocycles. The van der Waals surface area contributed by atoms with Gasteiger partial charge in [-0.05, 0) is 50.4 Å². The molecule has 0 aromatic heterocycles. The number of hydrogen-bond donors (Lipinski definition) is 1. The van der Waals surface area contributed by atoms with Gasteiger partial charge in [-0.3, -0.25) is 4.99 Å². The first-order valence-electron chi connectivity index (χ1n) is 8.25. The van der Waals surface area contributed by atoms with Crippen LogP contribution in [0.25, 0.3) is 0 Å². The predicted octanol–water partition coefficient (Wildman–Crippen LogP) is 4.16. The molecule has 1 heterocycles. The van der Waals surface area contributed by atoms with E-state index in [0.717, 1.165) is 18.7 Å². The lowest BCUT2D eigenvalue weighted by molar-refractivity contribution is -0.182. The van der Waals surface area contributed by atoms with Crippen LogP contribution >= 0.6 is 0 Å². The first-order valence-corrected chi connectivity index (χ1v) is 8.25. The molecule has 0 radical (unpaired) electrons. The monoisotopic (exact) mass is 302 g/mol. The average molecular weight is 302 g/mol. The molecule has 2 fully saturated rings. The molecule has 1 aliphatic heterocycles. The van der Waals surface area contributed by atoms with Crippen molar-refractivity contribution in [1.82, 2.24) is 5.32 Å².